The van der Waals surface area contributed by atoms with Gasteiger partial charge in [-0.1, -0.05) is 12.1 Å². The molecule has 2 aromatic rings. The summed E-state index contributed by atoms with van der Waals surface area (Å²) in [5, 5.41) is 1.99. The molecule has 1 aliphatic heterocycles. The van der Waals surface area contributed by atoms with E-state index < -0.39 is 47.5 Å². The van der Waals surface area contributed by atoms with Crippen molar-refractivity contribution in [2.75, 3.05) is 23.4 Å². The SMILES string of the molecule is O=C(CN1C(=O)COc2ccccc21)Nc1cc(C(F)(F)F)cc(C(F)(F)F)c1. The molecule has 1 N–H and O–H groups in total. The summed E-state index contributed by atoms with van der Waals surface area (Å²) in [6, 6.07) is 6.99. The van der Waals surface area contributed by atoms with Crippen molar-refractivity contribution in [1.82, 2.24) is 0 Å². The van der Waals surface area contributed by atoms with Gasteiger partial charge in [-0.25, -0.2) is 0 Å². The summed E-state index contributed by atoms with van der Waals surface area (Å²) >= 11 is 0. The Kier molecular flexibility index (Phi) is 5.16. The number of ether oxygens (including phenoxy) is 1. The maximum atomic E-state index is 12.9. The fourth-order valence-corrected chi connectivity index (χ4v) is 2.70. The smallest absolute Gasteiger partial charge is 0.416 e. The van der Waals surface area contributed by atoms with E-state index in [-0.39, 0.29) is 18.4 Å². The molecule has 0 bridgehead atoms. The fraction of sp³-hybridized carbons (Fsp3) is 0.222. The number of rotatable bonds is 3. The van der Waals surface area contributed by atoms with Crippen molar-refractivity contribution in [3.63, 3.8) is 0 Å². The van der Waals surface area contributed by atoms with Gasteiger partial charge in [0.1, 0.15) is 12.3 Å². The van der Waals surface area contributed by atoms with Crippen molar-refractivity contribution in [3.05, 3.63) is 53.6 Å². The molecular weight excluding hydrogens is 406 g/mol. The van der Waals surface area contributed by atoms with Gasteiger partial charge in [-0.05, 0) is 30.3 Å². The van der Waals surface area contributed by atoms with E-state index in [1.165, 1.54) is 6.07 Å². The number of nitrogens with zero attached hydrogens (tertiary/aromatic N) is 1. The molecule has 0 saturated heterocycles. The average Bonchev–Trinajstić information content (AvgIpc) is 2.62. The Morgan fingerprint density at radius 2 is 1.59 bits per heavy atom. The molecular formula is C18H12F6N2O3. The van der Waals surface area contributed by atoms with Crippen LogP contribution in [0.3, 0.4) is 0 Å². The second-order valence-corrected chi connectivity index (χ2v) is 6.08. The van der Waals surface area contributed by atoms with Crippen LogP contribution in [-0.4, -0.2) is 25.0 Å². The van der Waals surface area contributed by atoms with E-state index >= 15 is 0 Å². The summed E-state index contributed by atoms with van der Waals surface area (Å²) in [5.74, 6) is -1.24. The Labute approximate surface area is 159 Å². The number of carbonyl (C=O) groups is 2. The van der Waals surface area contributed by atoms with Gasteiger partial charge in [0.05, 0.1) is 16.8 Å². The van der Waals surface area contributed by atoms with Crippen LogP contribution in [0.5, 0.6) is 5.75 Å². The highest BCUT2D eigenvalue weighted by atomic mass is 19.4. The maximum Gasteiger partial charge on any atom is 0.416 e. The van der Waals surface area contributed by atoms with Crippen LogP contribution in [-0.2, 0) is 21.9 Å². The fourth-order valence-electron chi connectivity index (χ4n) is 2.70. The van der Waals surface area contributed by atoms with Crippen molar-refractivity contribution < 1.29 is 40.7 Å². The van der Waals surface area contributed by atoms with Gasteiger partial charge in [0.15, 0.2) is 6.61 Å². The highest BCUT2D eigenvalue weighted by Crippen LogP contribution is 2.37. The van der Waals surface area contributed by atoms with Crippen LogP contribution >= 0.6 is 0 Å². The van der Waals surface area contributed by atoms with Gasteiger partial charge in [-0.2, -0.15) is 26.3 Å². The summed E-state index contributed by atoms with van der Waals surface area (Å²) in [5.41, 5.74) is -3.55. The molecule has 29 heavy (non-hydrogen) atoms. The summed E-state index contributed by atoms with van der Waals surface area (Å²) in [6.07, 6.45) is -10.1. The Bertz CT molecular complexity index is 923. The first kappa shape index (κ1) is 20.5. The van der Waals surface area contributed by atoms with Crippen LogP contribution in [0.25, 0.3) is 0 Å². The minimum absolute atomic E-state index is 0.0442. The number of nitrogens with one attached hydrogen (secondary N) is 1. The predicted octanol–water partition coefficient (Wildman–Crippen LogP) is 4.09. The number of benzene rings is 2. The number of amides is 2. The Hall–Kier alpha value is -3.24. The van der Waals surface area contributed by atoms with Crippen molar-refractivity contribution >= 4 is 23.2 Å². The van der Waals surface area contributed by atoms with Crippen LogP contribution < -0.4 is 15.0 Å². The van der Waals surface area contributed by atoms with Gasteiger partial charge in [-0.15, -0.1) is 0 Å². The minimum Gasteiger partial charge on any atom is -0.482 e. The van der Waals surface area contributed by atoms with Crippen molar-refractivity contribution in [2.24, 2.45) is 0 Å². The number of alkyl halides is 6. The molecule has 2 aromatic carbocycles. The summed E-state index contributed by atoms with van der Waals surface area (Å²) in [7, 11) is 0. The summed E-state index contributed by atoms with van der Waals surface area (Å²) < 4.78 is 82.7. The lowest BCUT2D eigenvalue weighted by atomic mass is 10.1. The second-order valence-electron chi connectivity index (χ2n) is 6.08. The lowest BCUT2D eigenvalue weighted by Crippen LogP contribution is -2.43. The number of hydrogen-bond acceptors (Lipinski definition) is 3. The molecule has 0 radical (unpaired) electrons. The lowest BCUT2D eigenvalue weighted by Gasteiger charge is -2.28. The van der Waals surface area contributed by atoms with Gasteiger partial charge < -0.3 is 10.1 Å². The predicted molar refractivity (Wildman–Crippen MR) is 89.4 cm³/mol. The first-order chi connectivity index (χ1) is 13.4. The lowest BCUT2D eigenvalue weighted by molar-refractivity contribution is -0.143. The van der Waals surface area contributed by atoms with E-state index in [1.54, 1.807) is 18.2 Å². The van der Waals surface area contributed by atoms with E-state index in [2.05, 4.69) is 0 Å². The standard InChI is InChI=1S/C18H12F6N2O3/c19-17(20,21)10-5-11(18(22,23)24)7-12(6-10)25-15(27)8-26-13-3-1-2-4-14(13)29-9-16(26)28/h1-7H,8-9H2,(H,25,27). The molecule has 0 spiro atoms. The zero-order valence-electron chi connectivity index (χ0n) is 14.4. The van der Waals surface area contributed by atoms with Crippen molar-refractivity contribution in [2.45, 2.75) is 12.4 Å². The molecule has 2 amide bonds. The zero-order chi connectivity index (χ0) is 21.4. The molecule has 1 heterocycles. The number of carbonyl (C=O) groups excluding carboxylic acids is 2. The van der Waals surface area contributed by atoms with Gasteiger partial charge >= 0.3 is 12.4 Å². The molecule has 0 aromatic heterocycles. The molecule has 0 saturated carbocycles. The van der Waals surface area contributed by atoms with Crippen LogP contribution in [0.4, 0.5) is 37.7 Å². The largest absolute Gasteiger partial charge is 0.482 e. The summed E-state index contributed by atoms with van der Waals surface area (Å²) in [4.78, 5) is 25.3. The van der Waals surface area contributed by atoms with Crippen LogP contribution in [0.1, 0.15) is 11.1 Å². The van der Waals surface area contributed by atoms with Gasteiger partial charge in [0, 0.05) is 5.69 Å². The van der Waals surface area contributed by atoms with E-state index in [9.17, 15) is 35.9 Å². The molecule has 5 nitrogen and oxygen atoms in total. The number of fused-ring (bicyclic) bond motifs is 1. The van der Waals surface area contributed by atoms with Crippen LogP contribution in [0.2, 0.25) is 0 Å². The first-order valence-electron chi connectivity index (χ1n) is 8.06. The van der Waals surface area contributed by atoms with Gasteiger partial charge in [-0.3, -0.25) is 14.5 Å². The normalized spacial score (nSPS) is 14.3. The van der Waals surface area contributed by atoms with E-state index in [4.69, 9.17) is 4.74 Å². The molecule has 0 fully saturated rings. The van der Waals surface area contributed by atoms with Crippen molar-refractivity contribution in [1.29, 1.82) is 0 Å². The first-order valence-corrected chi connectivity index (χ1v) is 8.06. The monoisotopic (exact) mass is 418 g/mol. The highest BCUT2D eigenvalue weighted by molar-refractivity contribution is 6.05. The Balaban J connectivity index is 1.85. The second kappa shape index (κ2) is 7.30. The quantitative estimate of drug-likeness (QED) is 0.765. The number of para-hydroxylation sites is 2. The molecule has 1 aliphatic rings. The Morgan fingerprint density at radius 1 is 1.00 bits per heavy atom. The van der Waals surface area contributed by atoms with Gasteiger partial charge in [0.25, 0.3) is 5.91 Å². The molecule has 11 heteroatoms. The molecule has 154 valence electrons. The van der Waals surface area contributed by atoms with Crippen LogP contribution in [0, 0.1) is 0 Å². The molecule has 0 aliphatic carbocycles. The number of anilines is 2. The Morgan fingerprint density at radius 3 is 2.17 bits per heavy atom. The molecule has 0 unspecified atom stereocenters. The maximum absolute atomic E-state index is 12.9. The van der Waals surface area contributed by atoms with Crippen molar-refractivity contribution in [3.8, 4) is 5.75 Å². The molecule has 0 atom stereocenters. The summed E-state index contributed by atoms with van der Waals surface area (Å²) in [6.45, 7) is -0.969. The highest BCUT2D eigenvalue weighted by Gasteiger charge is 2.37. The van der Waals surface area contributed by atoms with Gasteiger partial charge in [0.2, 0.25) is 5.91 Å². The third-order valence-corrected chi connectivity index (χ3v) is 3.98. The topological polar surface area (TPSA) is 58.6 Å². The van der Waals surface area contributed by atoms with E-state index in [0.29, 0.717) is 17.9 Å². The molecule has 3 rings (SSSR count). The number of hydrogen-bond donors (Lipinski definition) is 1. The van der Waals surface area contributed by atoms with E-state index in [0.717, 1.165) is 4.90 Å². The average molecular weight is 418 g/mol. The number of halogens is 6. The van der Waals surface area contributed by atoms with E-state index in [1.807, 2.05) is 5.32 Å². The van der Waals surface area contributed by atoms with Crippen LogP contribution in [0.15, 0.2) is 42.5 Å². The third kappa shape index (κ3) is 4.61. The minimum atomic E-state index is -5.04. The zero-order valence-corrected chi connectivity index (χ0v) is 14.4. The third-order valence-electron chi connectivity index (χ3n) is 3.98.